The Hall–Kier alpha value is -1.81. The highest BCUT2D eigenvalue weighted by Crippen LogP contribution is 2.26. The first-order valence-corrected chi connectivity index (χ1v) is 7.85. The van der Waals surface area contributed by atoms with Crippen molar-refractivity contribution in [1.29, 1.82) is 0 Å². The fourth-order valence-electron chi connectivity index (χ4n) is 1.93. The third kappa shape index (κ3) is 6.75. The van der Waals surface area contributed by atoms with E-state index in [0.29, 0.717) is 5.25 Å². The number of nitrogens with one attached hydrogen (secondary N) is 1. The van der Waals surface area contributed by atoms with Crippen LogP contribution in [-0.2, 0) is 16.6 Å². The van der Waals surface area contributed by atoms with Gasteiger partial charge in [0.05, 0.1) is 0 Å². The number of aryl methyl sites for hydroxylation is 1. The molecule has 1 saturated heterocycles. The lowest BCUT2D eigenvalue weighted by atomic mass is 10.1. The highest BCUT2D eigenvalue weighted by molar-refractivity contribution is 8.14. The summed E-state index contributed by atoms with van der Waals surface area (Å²) >= 11 is 1.43. The SMILES string of the molecule is CC(=O)SC1CCNC/C1=C\c1nccn1C.O=C(O)C(F)(F)F. The molecule has 1 fully saturated rings. The molecular weight excluding hydrogens is 347 g/mol. The molecule has 1 aromatic heterocycles. The minimum absolute atomic E-state index is 0.183. The van der Waals surface area contributed by atoms with Crippen LogP contribution in [0.15, 0.2) is 18.0 Å². The molecule has 1 aliphatic heterocycles. The van der Waals surface area contributed by atoms with Gasteiger partial charge in [0.25, 0.3) is 0 Å². The summed E-state index contributed by atoms with van der Waals surface area (Å²) in [6.07, 6.45) is 1.72. The molecule has 1 aliphatic rings. The maximum Gasteiger partial charge on any atom is 0.490 e. The number of aliphatic carboxylic acids is 1. The van der Waals surface area contributed by atoms with Crippen LogP contribution >= 0.6 is 11.8 Å². The quantitative estimate of drug-likeness (QED) is 0.835. The summed E-state index contributed by atoms with van der Waals surface area (Å²) in [4.78, 5) is 24.4. The average molecular weight is 365 g/mol. The third-order valence-corrected chi connectivity index (χ3v) is 4.20. The number of carbonyl (C=O) groups excluding carboxylic acids is 1. The summed E-state index contributed by atoms with van der Waals surface area (Å²) in [5.41, 5.74) is 1.26. The van der Waals surface area contributed by atoms with Crippen molar-refractivity contribution in [2.75, 3.05) is 13.1 Å². The number of carbonyl (C=O) groups is 2. The summed E-state index contributed by atoms with van der Waals surface area (Å²) in [5.74, 6) is -1.81. The molecule has 1 atom stereocenters. The zero-order chi connectivity index (χ0) is 18.3. The molecule has 2 heterocycles. The Morgan fingerprint density at radius 2 is 2.12 bits per heavy atom. The van der Waals surface area contributed by atoms with Crippen molar-refractivity contribution in [2.45, 2.75) is 24.8 Å². The van der Waals surface area contributed by atoms with E-state index in [9.17, 15) is 18.0 Å². The van der Waals surface area contributed by atoms with Crippen molar-refractivity contribution >= 4 is 28.9 Å². The first-order chi connectivity index (χ1) is 11.1. The average Bonchev–Trinajstić information content (AvgIpc) is 2.85. The zero-order valence-electron chi connectivity index (χ0n) is 13.1. The second-order valence-electron chi connectivity index (χ2n) is 4.98. The summed E-state index contributed by atoms with van der Waals surface area (Å²) in [7, 11) is 1.97. The van der Waals surface area contributed by atoms with Crippen molar-refractivity contribution in [2.24, 2.45) is 7.05 Å². The maximum absolute atomic E-state index is 11.2. The van der Waals surface area contributed by atoms with Crippen LogP contribution in [0.1, 0.15) is 19.2 Å². The number of hydrogen-bond donors (Lipinski definition) is 2. The van der Waals surface area contributed by atoms with Gasteiger partial charge in [-0.3, -0.25) is 4.79 Å². The van der Waals surface area contributed by atoms with Crippen LogP contribution in [0.25, 0.3) is 6.08 Å². The zero-order valence-corrected chi connectivity index (χ0v) is 13.9. The number of rotatable bonds is 2. The molecule has 0 saturated carbocycles. The molecular formula is C14H18F3N3O3S. The fourth-order valence-corrected chi connectivity index (χ4v) is 2.87. The van der Waals surface area contributed by atoms with Gasteiger partial charge in [-0.2, -0.15) is 13.2 Å². The lowest BCUT2D eigenvalue weighted by Crippen LogP contribution is -2.32. The van der Waals surface area contributed by atoms with E-state index in [1.807, 2.05) is 17.8 Å². The molecule has 0 amide bonds. The number of piperidine rings is 1. The predicted octanol–water partition coefficient (Wildman–Crippen LogP) is 2.08. The van der Waals surface area contributed by atoms with Crippen molar-refractivity contribution < 1.29 is 27.9 Å². The molecule has 1 unspecified atom stereocenters. The Bertz CT molecular complexity index is 614. The van der Waals surface area contributed by atoms with E-state index in [4.69, 9.17) is 9.90 Å². The molecule has 0 aromatic carbocycles. The Labute approximate surface area is 141 Å². The van der Waals surface area contributed by atoms with E-state index < -0.39 is 12.1 Å². The van der Waals surface area contributed by atoms with Gasteiger partial charge < -0.3 is 15.0 Å². The van der Waals surface area contributed by atoms with Crippen LogP contribution in [0.5, 0.6) is 0 Å². The summed E-state index contributed by atoms with van der Waals surface area (Å²) in [6.45, 7) is 3.45. The molecule has 0 spiro atoms. The highest BCUT2D eigenvalue weighted by Gasteiger charge is 2.38. The van der Waals surface area contributed by atoms with Crippen LogP contribution in [0.2, 0.25) is 0 Å². The van der Waals surface area contributed by atoms with Crippen LogP contribution in [0.3, 0.4) is 0 Å². The van der Waals surface area contributed by atoms with E-state index >= 15 is 0 Å². The van der Waals surface area contributed by atoms with Gasteiger partial charge in [-0.15, -0.1) is 0 Å². The van der Waals surface area contributed by atoms with Gasteiger partial charge in [0.2, 0.25) is 0 Å². The van der Waals surface area contributed by atoms with Crippen LogP contribution < -0.4 is 5.32 Å². The molecule has 10 heteroatoms. The topological polar surface area (TPSA) is 84.2 Å². The van der Waals surface area contributed by atoms with Gasteiger partial charge in [-0.05, 0) is 24.6 Å². The molecule has 134 valence electrons. The van der Waals surface area contributed by atoms with Crippen molar-refractivity contribution in [3.05, 3.63) is 23.8 Å². The summed E-state index contributed by atoms with van der Waals surface area (Å²) < 4.78 is 33.7. The largest absolute Gasteiger partial charge is 0.490 e. The number of thioether (sulfide) groups is 1. The summed E-state index contributed by atoms with van der Waals surface area (Å²) in [6, 6.07) is 0. The number of imidazole rings is 1. The molecule has 0 bridgehead atoms. The Balaban J connectivity index is 0.000000351. The first kappa shape index (κ1) is 20.2. The second kappa shape index (κ2) is 8.88. The first-order valence-electron chi connectivity index (χ1n) is 6.97. The van der Waals surface area contributed by atoms with Crippen molar-refractivity contribution in [1.82, 2.24) is 14.9 Å². The second-order valence-corrected chi connectivity index (χ2v) is 6.36. The van der Waals surface area contributed by atoms with Crippen LogP contribution in [-0.4, -0.2) is 50.3 Å². The summed E-state index contributed by atoms with van der Waals surface area (Å²) in [5, 5.41) is 10.9. The predicted molar refractivity (Wildman–Crippen MR) is 84.4 cm³/mol. The van der Waals surface area contributed by atoms with Gasteiger partial charge in [-0.25, -0.2) is 9.78 Å². The number of halogens is 3. The van der Waals surface area contributed by atoms with Crippen molar-refractivity contribution in [3.63, 3.8) is 0 Å². The van der Waals surface area contributed by atoms with Gasteiger partial charge in [0, 0.05) is 38.2 Å². The molecule has 2 rings (SSSR count). The highest BCUT2D eigenvalue weighted by atomic mass is 32.2. The van der Waals surface area contributed by atoms with Crippen LogP contribution in [0.4, 0.5) is 13.2 Å². The Kier molecular flexibility index (Phi) is 7.49. The maximum atomic E-state index is 11.2. The monoisotopic (exact) mass is 365 g/mol. The van der Waals surface area contributed by atoms with Crippen molar-refractivity contribution in [3.8, 4) is 0 Å². The van der Waals surface area contributed by atoms with Gasteiger partial charge in [0.1, 0.15) is 5.82 Å². The number of carboxylic acid groups (broad SMARTS) is 1. The number of hydrogen-bond acceptors (Lipinski definition) is 5. The standard InChI is InChI=1S/C12H17N3OS.C2HF3O2/c1-9(16)17-11-3-4-13-8-10(11)7-12-14-5-6-15(12)2;3-2(4,5)1(6)7/h5-7,11,13H,3-4,8H2,1-2H3;(H,6,7)/b10-7+;. The van der Waals surface area contributed by atoms with Gasteiger partial charge >= 0.3 is 12.1 Å². The van der Waals surface area contributed by atoms with E-state index in [-0.39, 0.29) is 5.12 Å². The number of nitrogens with zero attached hydrogens (tertiary/aromatic N) is 2. The van der Waals surface area contributed by atoms with E-state index in [0.717, 1.165) is 25.3 Å². The van der Waals surface area contributed by atoms with E-state index in [2.05, 4.69) is 16.4 Å². The molecule has 6 nitrogen and oxygen atoms in total. The minimum atomic E-state index is -5.08. The number of alkyl halides is 3. The molecule has 0 radical (unpaired) electrons. The van der Waals surface area contributed by atoms with Gasteiger partial charge in [-0.1, -0.05) is 11.8 Å². The smallest absolute Gasteiger partial charge is 0.475 e. The lowest BCUT2D eigenvalue weighted by Gasteiger charge is -2.24. The van der Waals surface area contributed by atoms with Crippen LogP contribution in [0, 0.1) is 0 Å². The molecule has 2 N–H and O–H groups in total. The van der Waals surface area contributed by atoms with E-state index in [1.54, 1.807) is 13.1 Å². The van der Waals surface area contributed by atoms with Gasteiger partial charge in [0.15, 0.2) is 5.12 Å². The molecule has 0 aliphatic carbocycles. The number of carboxylic acids is 1. The fraction of sp³-hybridized carbons (Fsp3) is 0.500. The molecule has 24 heavy (non-hydrogen) atoms. The lowest BCUT2D eigenvalue weighted by molar-refractivity contribution is -0.192. The minimum Gasteiger partial charge on any atom is -0.475 e. The normalized spacial score (nSPS) is 19.5. The van der Waals surface area contributed by atoms with E-state index in [1.165, 1.54) is 17.3 Å². The Morgan fingerprint density at radius 1 is 1.50 bits per heavy atom. The number of aromatic nitrogens is 2. The molecule has 1 aromatic rings. The Morgan fingerprint density at radius 3 is 2.58 bits per heavy atom. The third-order valence-electron chi connectivity index (χ3n) is 3.05.